The van der Waals surface area contributed by atoms with E-state index in [1.807, 2.05) is 0 Å². The van der Waals surface area contributed by atoms with E-state index in [1.165, 1.54) is 137 Å². The standard InChI is InChI=1S/C56H88Br2S2/c1-17-49(18-2)33-53(25-9,26-10)41-37(49)45(57)38-42(54(27-11,28-12)34-50(38,19-3)20-4)47(41)59-60-48-43-39(51(21-5,22-6)35-55(43,29-13)30-14)46(58)40-44(48)56(31-15,32-16)36-52(40,23-7)24-8/h17-36H2,1-16H3. The van der Waals surface area contributed by atoms with Gasteiger partial charge in [-0.3, -0.25) is 0 Å². The predicted molar refractivity (Wildman–Crippen MR) is 277 cm³/mol. The molecular formula is C56H88Br2S2. The van der Waals surface area contributed by atoms with Crippen LogP contribution in [0, 0.1) is 0 Å². The van der Waals surface area contributed by atoms with Crippen molar-refractivity contribution in [2.24, 2.45) is 0 Å². The summed E-state index contributed by atoms with van der Waals surface area (Å²) in [7, 11) is 4.59. The van der Waals surface area contributed by atoms with Gasteiger partial charge in [0, 0.05) is 18.7 Å². The fourth-order valence-electron chi connectivity index (χ4n) is 15.8. The highest BCUT2D eigenvalue weighted by atomic mass is 79.9. The molecule has 0 unspecified atom stereocenters. The lowest BCUT2D eigenvalue weighted by Gasteiger charge is -2.37. The topological polar surface area (TPSA) is 0 Å². The minimum absolute atomic E-state index is 0.189. The molecule has 0 amide bonds. The largest absolute Gasteiger partial charge is 0.0645 e. The maximum absolute atomic E-state index is 4.64. The summed E-state index contributed by atoms with van der Waals surface area (Å²) in [5.41, 5.74) is 15.6. The third kappa shape index (κ3) is 6.32. The first-order chi connectivity index (χ1) is 28.6. The maximum Gasteiger partial charge on any atom is 0.0268 e. The van der Waals surface area contributed by atoms with Crippen LogP contribution in [0.3, 0.4) is 0 Å². The van der Waals surface area contributed by atoms with Gasteiger partial charge in [0.05, 0.1) is 0 Å². The van der Waals surface area contributed by atoms with Crippen LogP contribution in [0.1, 0.15) is 284 Å². The van der Waals surface area contributed by atoms with Crippen LogP contribution >= 0.6 is 53.4 Å². The summed E-state index contributed by atoms with van der Waals surface area (Å²) in [6.07, 6.45) is 24.7. The van der Waals surface area contributed by atoms with E-state index >= 15 is 0 Å². The van der Waals surface area contributed by atoms with E-state index in [9.17, 15) is 0 Å². The molecule has 0 heterocycles. The highest BCUT2D eigenvalue weighted by molar-refractivity contribution is 9.11. The third-order valence-electron chi connectivity index (χ3n) is 20.8. The van der Waals surface area contributed by atoms with Gasteiger partial charge < -0.3 is 0 Å². The molecule has 0 atom stereocenters. The lowest BCUT2D eigenvalue weighted by atomic mass is 9.70. The normalized spacial score (nSPS) is 22.5. The molecule has 338 valence electrons. The quantitative estimate of drug-likeness (QED) is 0.129. The van der Waals surface area contributed by atoms with Crippen LogP contribution in [0.5, 0.6) is 0 Å². The van der Waals surface area contributed by atoms with Crippen molar-refractivity contribution in [3.63, 3.8) is 0 Å². The second-order valence-corrected chi connectivity index (χ2v) is 24.8. The summed E-state index contributed by atoms with van der Waals surface area (Å²) in [6, 6.07) is 0. The lowest BCUT2D eigenvalue weighted by molar-refractivity contribution is 0.274. The zero-order valence-electron chi connectivity index (χ0n) is 41.7. The van der Waals surface area contributed by atoms with Crippen molar-refractivity contribution in [1.29, 1.82) is 0 Å². The smallest absolute Gasteiger partial charge is 0.0268 e. The molecule has 60 heavy (non-hydrogen) atoms. The molecule has 0 radical (unpaired) electrons. The summed E-state index contributed by atoms with van der Waals surface area (Å²) in [5.74, 6) is 0. The summed E-state index contributed by atoms with van der Waals surface area (Å²) in [6.45, 7) is 40.5. The molecule has 0 aliphatic heterocycles. The van der Waals surface area contributed by atoms with Gasteiger partial charge >= 0.3 is 0 Å². The van der Waals surface area contributed by atoms with Gasteiger partial charge in [-0.15, -0.1) is 0 Å². The Kier molecular flexibility index (Phi) is 14.6. The Labute approximate surface area is 396 Å². The Morgan fingerprint density at radius 1 is 0.267 bits per heavy atom. The van der Waals surface area contributed by atoms with Crippen molar-refractivity contribution >= 4 is 53.4 Å². The number of hydrogen-bond donors (Lipinski definition) is 0. The van der Waals surface area contributed by atoms with Crippen LogP contribution in [0.15, 0.2) is 18.7 Å². The van der Waals surface area contributed by atoms with E-state index in [0.29, 0.717) is 0 Å². The summed E-state index contributed by atoms with van der Waals surface area (Å²) >= 11 is 9.28. The molecule has 0 N–H and O–H groups in total. The van der Waals surface area contributed by atoms with Crippen LogP contribution in [0.4, 0.5) is 0 Å². The summed E-state index contributed by atoms with van der Waals surface area (Å²) in [5, 5.41) is 0. The predicted octanol–water partition coefficient (Wildman–Crippen LogP) is 20.1. The first-order valence-electron chi connectivity index (χ1n) is 25.8. The van der Waals surface area contributed by atoms with Gasteiger partial charge in [-0.25, -0.2) is 0 Å². The molecule has 4 heteroatoms. The fourth-order valence-corrected chi connectivity index (χ4v) is 21.5. The molecule has 0 saturated carbocycles. The van der Waals surface area contributed by atoms with E-state index in [0.717, 1.165) is 0 Å². The van der Waals surface area contributed by atoms with Crippen molar-refractivity contribution in [1.82, 2.24) is 0 Å². The Hall–Kier alpha value is 0.1000. The number of fused-ring (bicyclic) bond motifs is 4. The molecule has 4 aliphatic rings. The van der Waals surface area contributed by atoms with Crippen LogP contribution < -0.4 is 0 Å². The van der Waals surface area contributed by atoms with Crippen LogP contribution in [-0.2, 0) is 43.3 Å². The molecule has 4 aliphatic carbocycles. The molecule has 0 nitrogen and oxygen atoms in total. The Morgan fingerprint density at radius 2 is 0.400 bits per heavy atom. The molecule has 0 spiro atoms. The first kappa shape index (κ1) is 49.5. The molecule has 2 aromatic carbocycles. The second-order valence-electron chi connectivity index (χ2n) is 21.1. The molecule has 0 bridgehead atoms. The zero-order valence-corrected chi connectivity index (χ0v) is 46.5. The fraction of sp³-hybridized carbons (Fsp3) is 0.786. The van der Waals surface area contributed by atoms with Crippen molar-refractivity contribution in [3.05, 3.63) is 53.5 Å². The average molecular weight is 985 g/mol. The highest BCUT2D eigenvalue weighted by Gasteiger charge is 2.61. The second kappa shape index (κ2) is 17.7. The molecule has 6 rings (SSSR count). The average Bonchev–Trinajstić information content (AvgIpc) is 3.99. The van der Waals surface area contributed by atoms with Gasteiger partial charge in [0.2, 0.25) is 0 Å². The van der Waals surface area contributed by atoms with E-state index in [1.54, 1.807) is 54.3 Å². The van der Waals surface area contributed by atoms with Crippen molar-refractivity contribution in [2.45, 2.75) is 292 Å². The SMILES string of the molecule is CCC1(CC)CC(CC)(CC)c2c(SSc3c4c(c(Br)c5c3C(CC)(CC)CC5(CC)CC)C(CC)(CC)CC4(CC)CC)c3c(c(Br)c21)C(CC)(CC)CC3(CC)CC. The van der Waals surface area contributed by atoms with E-state index in [2.05, 4.69) is 164 Å². The summed E-state index contributed by atoms with van der Waals surface area (Å²) in [4.78, 5) is 3.45. The number of benzene rings is 2. The molecule has 0 aromatic heterocycles. The monoisotopic (exact) mass is 982 g/mol. The minimum atomic E-state index is 0.189. The molecule has 2 aromatic rings. The Balaban J connectivity index is 1.84. The molecule has 0 fully saturated rings. The van der Waals surface area contributed by atoms with Gasteiger partial charge in [0.15, 0.2) is 0 Å². The minimum Gasteiger partial charge on any atom is -0.0645 e. The van der Waals surface area contributed by atoms with Crippen LogP contribution in [0.2, 0.25) is 0 Å². The highest BCUT2D eigenvalue weighted by Crippen LogP contribution is 2.72. The van der Waals surface area contributed by atoms with Gasteiger partial charge in [0.1, 0.15) is 0 Å². The number of halogens is 2. The van der Waals surface area contributed by atoms with Gasteiger partial charge in [0.25, 0.3) is 0 Å². The maximum atomic E-state index is 4.64. The van der Waals surface area contributed by atoms with Crippen LogP contribution in [0.25, 0.3) is 0 Å². The van der Waals surface area contributed by atoms with Crippen LogP contribution in [-0.4, -0.2) is 0 Å². The van der Waals surface area contributed by atoms with E-state index in [4.69, 9.17) is 0 Å². The zero-order chi connectivity index (χ0) is 44.5. The lowest BCUT2D eigenvalue weighted by Crippen LogP contribution is -2.29. The first-order valence-corrected chi connectivity index (χ1v) is 29.5. The van der Waals surface area contributed by atoms with Crippen molar-refractivity contribution < 1.29 is 0 Å². The number of rotatable bonds is 19. The summed E-state index contributed by atoms with van der Waals surface area (Å²) < 4.78 is 3.07. The van der Waals surface area contributed by atoms with Gasteiger partial charge in [-0.1, -0.05) is 164 Å². The Morgan fingerprint density at radius 3 is 0.533 bits per heavy atom. The van der Waals surface area contributed by atoms with Gasteiger partial charge in [-0.05, 0) is 216 Å². The molecule has 0 saturated heterocycles. The molecular weight excluding hydrogens is 897 g/mol. The van der Waals surface area contributed by atoms with Crippen molar-refractivity contribution in [3.8, 4) is 0 Å². The third-order valence-corrected chi connectivity index (χ3v) is 24.8. The van der Waals surface area contributed by atoms with Gasteiger partial charge in [-0.2, -0.15) is 0 Å². The van der Waals surface area contributed by atoms with E-state index < -0.39 is 0 Å². The Bertz CT molecular complexity index is 1620. The van der Waals surface area contributed by atoms with Crippen molar-refractivity contribution in [2.75, 3.05) is 0 Å². The van der Waals surface area contributed by atoms with E-state index in [-0.39, 0.29) is 43.3 Å². The number of hydrogen-bond acceptors (Lipinski definition) is 2.